The van der Waals surface area contributed by atoms with Gasteiger partial charge in [-0.15, -0.1) is 11.6 Å². The fourth-order valence-electron chi connectivity index (χ4n) is 2.45. The number of fused-ring (bicyclic) bond motifs is 1. The van der Waals surface area contributed by atoms with E-state index in [1.165, 1.54) is 0 Å². The molecule has 23 heavy (non-hydrogen) atoms. The number of aliphatic hydroxyl groups is 2. The van der Waals surface area contributed by atoms with E-state index in [1.807, 2.05) is 45.0 Å². The number of esters is 1. The summed E-state index contributed by atoms with van der Waals surface area (Å²) in [7, 11) is 0. The zero-order chi connectivity index (χ0) is 17.2. The van der Waals surface area contributed by atoms with E-state index >= 15 is 0 Å². The largest absolute Gasteiger partial charge is 0.459 e. The van der Waals surface area contributed by atoms with Gasteiger partial charge in [-0.3, -0.25) is 4.79 Å². The molecule has 0 amide bonds. The van der Waals surface area contributed by atoms with E-state index in [9.17, 15) is 15.0 Å². The number of aromatic nitrogens is 1. The van der Waals surface area contributed by atoms with E-state index in [0.29, 0.717) is 5.56 Å². The van der Waals surface area contributed by atoms with Gasteiger partial charge in [0.05, 0.1) is 12.0 Å². The van der Waals surface area contributed by atoms with Gasteiger partial charge in [-0.05, 0) is 26.8 Å². The van der Waals surface area contributed by atoms with Crippen molar-refractivity contribution in [2.75, 3.05) is 5.88 Å². The van der Waals surface area contributed by atoms with Gasteiger partial charge >= 0.3 is 5.97 Å². The molecule has 1 aromatic carbocycles. The van der Waals surface area contributed by atoms with Gasteiger partial charge in [0.2, 0.25) is 0 Å². The van der Waals surface area contributed by atoms with Crippen LogP contribution in [0.3, 0.4) is 0 Å². The molecule has 0 saturated carbocycles. The fraction of sp³-hybridized carbons (Fsp3) is 0.471. The molecule has 2 atom stereocenters. The Morgan fingerprint density at radius 2 is 1.96 bits per heavy atom. The molecule has 0 radical (unpaired) electrons. The maximum Gasteiger partial charge on any atom is 0.326 e. The van der Waals surface area contributed by atoms with Crippen molar-refractivity contribution in [2.24, 2.45) is 0 Å². The van der Waals surface area contributed by atoms with Gasteiger partial charge in [-0.2, -0.15) is 0 Å². The second-order valence-corrected chi connectivity index (χ2v) is 6.79. The highest BCUT2D eigenvalue weighted by Gasteiger charge is 2.23. The third-order valence-electron chi connectivity index (χ3n) is 3.38. The number of aliphatic hydroxyl groups excluding tert-OH is 2. The maximum atomic E-state index is 12.1. The quantitative estimate of drug-likeness (QED) is 0.649. The van der Waals surface area contributed by atoms with Gasteiger partial charge in [0.1, 0.15) is 18.2 Å². The molecule has 0 spiro atoms. The van der Waals surface area contributed by atoms with E-state index < -0.39 is 17.8 Å². The molecular weight excluding hydrogens is 318 g/mol. The minimum absolute atomic E-state index is 0.0292. The molecule has 1 heterocycles. The van der Waals surface area contributed by atoms with Crippen molar-refractivity contribution in [1.82, 2.24) is 4.57 Å². The number of hydrogen-bond donors (Lipinski definition) is 2. The predicted molar refractivity (Wildman–Crippen MR) is 89.5 cm³/mol. The number of alkyl halides is 1. The number of nitrogens with zero attached hydrogens (tertiary/aromatic N) is 1. The molecular formula is C17H22ClNO4. The molecule has 2 rings (SSSR count). The number of rotatable bonds is 5. The number of halogens is 1. The zero-order valence-corrected chi connectivity index (χ0v) is 14.2. The first-order valence-corrected chi connectivity index (χ1v) is 7.98. The van der Waals surface area contributed by atoms with Crippen LogP contribution in [0.5, 0.6) is 0 Å². The average Bonchev–Trinajstić information content (AvgIpc) is 2.82. The second kappa shape index (κ2) is 6.91. The number of ether oxygens (including phenoxy) is 1. The molecule has 6 heteroatoms. The highest BCUT2D eigenvalue weighted by Crippen LogP contribution is 2.29. The predicted octanol–water partition coefficient (Wildman–Crippen LogP) is 2.62. The van der Waals surface area contributed by atoms with Crippen molar-refractivity contribution in [1.29, 1.82) is 0 Å². The number of hydrogen-bond acceptors (Lipinski definition) is 4. The van der Waals surface area contributed by atoms with Gasteiger partial charge < -0.3 is 19.5 Å². The van der Waals surface area contributed by atoms with Crippen LogP contribution in [0, 0.1) is 0 Å². The minimum atomic E-state index is -1.11. The minimum Gasteiger partial charge on any atom is -0.459 e. The van der Waals surface area contributed by atoms with Crippen molar-refractivity contribution < 1.29 is 19.7 Å². The molecule has 1 aromatic heterocycles. The first-order valence-electron chi connectivity index (χ1n) is 7.44. The fourth-order valence-corrected chi connectivity index (χ4v) is 2.61. The van der Waals surface area contributed by atoms with Gasteiger partial charge in [-0.25, -0.2) is 0 Å². The SMILES string of the molecule is CC(C)(C)OC(=O)Cn1cc(C(O)C(O)CCl)c2ccccc21. The number of para-hydroxylation sites is 1. The van der Waals surface area contributed by atoms with E-state index in [0.717, 1.165) is 10.9 Å². The van der Waals surface area contributed by atoms with Crippen molar-refractivity contribution >= 4 is 28.5 Å². The summed E-state index contributed by atoms with van der Waals surface area (Å²) in [6, 6.07) is 7.37. The van der Waals surface area contributed by atoms with Crippen LogP contribution >= 0.6 is 11.6 Å². The average molecular weight is 340 g/mol. The first kappa shape index (κ1) is 17.8. The van der Waals surface area contributed by atoms with Crippen LogP contribution < -0.4 is 0 Å². The molecule has 2 unspecified atom stereocenters. The Bertz CT molecular complexity index is 689. The Hall–Kier alpha value is -1.56. The summed E-state index contributed by atoms with van der Waals surface area (Å²) in [6.45, 7) is 5.46. The van der Waals surface area contributed by atoms with Crippen LogP contribution in [0.1, 0.15) is 32.4 Å². The molecule has 2 aromatic rings. The molecule has 0 fully saturated rings. The lowest BCUT2D eigenvalue weighted by Crippen LogP contribution is -2.26. The zero-order valence-electron chi connectivity index (χ0n) is 13.5. The molecule has 0 aliphatic rings. The molecule has 0 saturated heterocycles. The molecule has 2 N–H and O–H groups in total. The van der Waals surface area contributed by atoms with E-state index in [-0.39, 0.29) is 18.4 Å². The standard InChI is InChI=1S/C17H22ClNO4/c1-17(2,3)23-15(21)10-19-9-12(16(22)14(20)8-18)11-6-4-5-7-13(11)19/h4-7,9,14,16,20,22H,8,10H2,1-3H3. The number of benzene rings is 1. The molecule has 0 aliphatic carbocycles. The van der Waals surface area contributed by atoms with Crippen LogP contribution in [-0.2, 0) is 16.1 Å². The normalized spacial score (nSPS) is 14.7. The van der Waals surface area contributed by atoms with Gasteiger partial charge in [0.25, 0.3) is 0 Å². The molecule has 126 valence electrons. The molecule has 0 bridgehead atoms. The highest BCUT2D eigenvalue weighted by atomic mass is 35.5. The van der Waals surface area contributed by atoms with Gasteiger partial charge in [0.15, 0.2) is 0 Å². The highest BCUT2D eigenvalue weighted by molar-refractivity contribution is 6.18. The Morgan fingerprint density at radius 1 is 1.30 bits per heavy atom. The van der Waals surface area contributed by atoms with E-state index in [1.54, 1.807) is 10.8 Å². The van der Waals surface area contributed by atoms with Crippen molar-refractivity contribution in [3.05, 3.63) is 36.0 Å². The van der Waals surface area contributed by atoms with Gasteiger partial charge in [-0.1, -0.05) is 18.2 Å². The smallest absolute Gasteiger partial charge is 0.326 e. The second-order valence-electron chi connectivity index (χ2n) is 6.48. The molecule has 0 aliphatic heterocycles. The summed E-state index contributed by atoms with van der Waals surface area (Å²) < 4.78 is 7.05. The lowest BCUT2D eigenvalue weighted by molar-refractivity contribution is -0.155. The summed E-state index contributed by atoms with van der Waals surface area (Å²) in [6.07, 6.45) is -0.524. The Labute approximate surface area is 140 Å². The summed E-state index contributed by atoms with van der Waals surface area (Å²) in [5, 5.41) is 20.8. The summed E-state index contributed by atoms with van der Waals surface area (Å²) in [4.78, 5) is 12.1. The van der Waals surface area contributed by atoms with Crippen molar-refractivity contribution in [3.63, 3.8) is 0 Å². The Balaban J connectivity index is 2.36. The third-order valence-corrected chi connectivity index (χ3v) is 3.70. The monoisotopic (exact) mass is 339 g/mol. The van der Waals surface area contributed by atoms with Crippen LogP contribution in [0.15, 0.2) is 30.5 Å². The summed E-state index contributed by atoms with van der Waals surface area (Å²) >= 11 is 5.62. The van der Waals surface area contributed by atoms with Crippen molar-refractivity contribution in [3.8, 4) is 0 Å². The van der Waals surface area contributed by atoms with Crippen LogP contribution in [0.2, 0.25) is 0 Å². The van der Waals surface area contributed by atoms with Crippen LogP contribution in [0.4, 0.5) is 0 Å². The Kier molecular flexibility index (Phi) is 5.34. The number of carbonyl (C=O) groups excluding carboxylic acids is 1. The lowest BCUT2D eigenvalue weighted by Gasteiger charge is -2.19. The third kappa shape index (κ3) is 4.25. The molecule has 5 nitrogen and oxygen atoms in total. The maximum absolute atomic E-state index is 12.1. The topological polar surface area (TPSA) is 71.7 Å². The van der Waals surface area contributed by atoms with Crippen LogP contribution in [-0.4, -0.2) is 38.3 Å². The van der Waals surface area contributed by atoms with E-state index in [4.69, 9.17) is 16.3 Å². The summed E-state index contributed by atoms with van der Waals surface area (Å²) in [5.41, 5.74) is 0.767. The van der Waals surface area contributed by atoms with Crippen molar-refractivity contribution in [2.45, 2.75) is 45.1 Å². The van der Waals surface area contributed by atoms with E-state index in [2.05, 4.69) is 0 Å². The number of carbonyl (C=O) groups is 1. The summed E-state index contributed by atoms with van der Waals surface area (Å²) in [5.74, 6) is -0.440. The van der Waals surface area contributed by atoms with Crippen LogP contribution in [0.25, 0.3) is 10.9 Å². The Morgan fingerprint density at radius 3 is 2.57 bits per heavy atom. The van der Waals surface area contributed by atoms with Gasteiger partial charge in [0, 0.05) is 22.7 Å². The lowest BCUT2D eigenvalue weighted by atomic mass is 10.0. The first-order chi connectivity index (χ1) is 10.7.